The van der Waals surface area contributed by atoms with Gasteiger partial charge in [-0.05, 0) is 32.0 Å². The lowest BCUT2D eigenvalue weighted by Gasteiger charge is -2.26. The Bertz CT molecular complexity index is 868. The molecular formula is C18H20BrN3O4S. The van der Waals surface area contributed by atoms with Gasteiger partial charge >= 0.3 is 5.91 Å². The maximum atomic E-state index is 13.0. The Kier molecular flexibility index (Phi) is 6.13. The van der Waals surface area contributed by atoms with Gasteiger partial charge in [-0.25, -0.2) is 9.99 Å². The van der Waals surface area contributed by atoms with Gasteiger partial charge in [0.15, 0.2) is 5.01 Å². The van der Waals surface area contributed by atoms with Gasteiger partial charge in [-0.1, -0.05) is 15.9 Å². The molecule has 2 heterocycles. The second kappa shape index (κ2) is 8.37. The molecule has 0 atom stereocenters. The molecule has 3 rings (SSSR count). The first kappa shape index (κ1) is 19.8. The summed E-state index contributed by atoms with van der Waals surface area (Å²) in [4.78, 5) is 30.4. The van der Waals surface area contributed by atoms with Gasteiger partial charge in [-0.2, -0.15) is 0 Å². The lowest BCUT2D eigenvalue weighted by Crippen LogP contribution is -2.51. The van der Waals surface area contributed by atoms with Crippen molar-refractivity contribution in [1.82, 2.24) is 15.4 Å². The summed E-state index contributed by atoms with van der Waals surface area (Å²) in [7, 11) is 1.43. The predicted octanol–water partition coefficient (Wildman–Crippen LogP) is 3.04. The van der Waals surface area contributed by atoms with E-state index in [-0.39, 0.29) is 24.5 Å². The number of amides is 2. The number of carbonyl (C=O) groups is 2. The molecule has 0 saturated carbocycles. The van der Waals surface area contributed by atoms with Crippen LogP contribution in [0, 0.1) is 0 Å². The van der Waals surface area contributed by atoms with Gasteiger partial charge in [0.05, 0.1) is 12.3 Å². The summed E-state index contributed by atoms with van der Waals surface area (Å²) in [6.07, 6.45) is 0.671. The third-order valence-electron chi connectivity index (χ3n) is 3.92. The lowest BCUT2D eigenvalue weighted by atomic mass is 10.1. The van der Waals surface area contributed by atoms with Crippen molar-refractivity contribution in [3.05, 3.63) is 32.6 Å². The lowest BCUT2D eigenvalue weighted by molar-refractivity contribution is -0.129. The van der Waals surface area contributed by atoms with Crippen molar-refractivity contribution >= 4 is 39.1 Å². The van der Waals surface area contributed by atoms with Crippen LogP contribution in [0.3, 0.4) is 0 Å². The Morgan fingerprint density at radius 2 is 2.22 bits per heavy atom. The average molecular weight is 454 g/mol. The molecule has 1 aromatic heterocycles. The first-order chi connectivity index (χ1) is 12.9. The second-order valence-electron chi connectivity index (χ2n) is 6.27. The highest BCUT2D eigenvalue weighted by Gasteiger charge is 2.28. The molecule has 2 aromatic rings. The number of hydrogen-bond acceptors (Lipinski definition) is 6. The van der Waals surface area contributed by atoms with Crippen LogP contribution in [0.2, 0.25) is 0 Å². The molecule has 0 saturated heterocycles. The van der Waals surface area contributed by atoms with Crippen LogP contribution in [0.15, 0.2) is 22.7 Å². The SMILES string of the molecule is COCC(=O)NN(C(=O)c1nc2c(s1)CCOc1cc(Br)ccc1-2)C(C)C. The van der Waals surface area contributed by atoms with E-state index in [4.69, 9.17) is 9.47 Å². The minimum atomic E-state index is -0.388. The quantitative estimate of drug-likeness (QED) is 0.719. The van der Waals surface area contributed by atoms with Gasteiger partial charge in [0.2, 0.25) is 0 Å². The molecule has 1 aliphatic heterocycles. The van der Waals surface area contributed by atoms with E-state index in [2.05, 4.69) is 26.3 Å². The first-order valence-electron chi connectivity index (χ1n) is 8.45. The number of benzene rings is 1. The molecule has 0 fully saturated rings. The molecule has 27 heavy (non-hydrogen) atoms. The van der Waals surface area contributed by atoms with Crippen molar-refractivity contribution in [2.24, 2.45) is 0 Å². The van der Waals surface area contributed by atoms with E-state index in [0.29, 0.717) is 18.0 Å². The normalized spacial score (nSPS) is 12.6. The average Bonchev–Trinajstić information content (AvgIpc) is 2.96. The molecule has 0 spiro atoms. The van der Waals surface area contributed by atoms with Gasteiger partial charge in [-0.15, -0.1) is 11.3 Å². The number of nitrogens with zero attached hydrogens (tertiary/aromatic N) is 2. The Morgan fingerprint density at radius 1 is 1.44 bits per heavy atom. The Morgan fingerprint density at radius 3 is 2.93 bits per heavy atom. The summed E-state index contributed by atoms with van der Waals surface area (Å²) in [6, 6.07) is 5.52. The molecule has 1 N–H and O–H groups in total. The fraction of sp³-hybridized carbons (Fsp3) is 0.389. The minimum absolute atomic E-state index is 0.121. The van der Waals surface area contributed by atoms with Gasteiger partial charge in [0, 0.05) is 34.5 Å². The van der Waals surface area contributed by atoms with Crippen molar-refractivity contribution in [2.75, 3.05) is 20.3 Å². The molecule has 1 aliphatic rings. The Balaban J connectivity index is 1.93. The standard InChI is InChI=1S/C18H20BrN3O4S/c1-10(2)22(21-15(23)9-25-3)18(24)17-20-16-12-5-4-11(19)8-13(12)26-7-6-14(16)27-17/h4-5,8,10H,6-7,9H2,1-3H3,(H,21,23). The minimum Gasteiger partial charge on any atom is -0.492 e. The summed E-state index contributed by atoms with van der Waals surface area (Å²) < 4.78 is 11.5. The number of hydrogen-bond donors (Lipinski definition) is 1. The van der Waals surface area contributed by atoms with Crippen LogP contribution in [-0.2, 0) is 16.0 Å². The van der Waals surface area contributed by atoms with Crippen molar-refractivity contribution in [2.45, 2.75) is 26.3 Å². The van der Waals surface area contributed by atoms with E-state index in [1.807, 2.05) is 32.0 Å². The number of hydrazine groups is 1. The van der Waals surface area contributed by atoms with Crippen LogP contribution in [0.4, 0.5) is 0 Å². The highest BCUT2D eigenvalue weighted by atomic mass is 79.9. The van der Waals surface area contributed by atoms with E-state index in [9.17, 15) is 9.59 Å². The molecule has 7 nitrogen and oxygen atoms in total. The number of halogens is 1. The van der Waals surface area contributed by atoms with E-state index in [1.165, 1.54) is 23.5 Å². The van der Waals surface area contributed by atoms with Crippen LogP contribution >= 0.6 is 27.3 Å². The Labute approximate surface area is 169 Å². The smallest absolute Gasteiger partial charge is 0.301 e. The van der Waals surface area contributed by atoms with Crippen molar-refractivity contribution in [1.29, 1.82) is 0 Å². The fourth-order valence-electron chi connectivity index (χ4n) is 2.70. The molecule has 9 heteroatoms. The maximum absolute atomic E-state index is 13.0. The van der Waals surface area contributed by atoms with Crippen LogP contribution in [0.1, 0.15) is 28.5 Å². The zero-order valence-electron chi connectivity index (χ0n) is 15.2. The summed E-state index contributed by atoms with van der Waals surface area (Å²) >= 11 is 4.78. The number of ether oxygens (including phenoxy) is 2. The highest BCUT2D eigenvalue weighted by molar-refractivity contribution is 9.10. The molecule has 2 amide bonds. The second-order valence-corrected chi connectivity index (χ2v) is 8.27. The molecule has 0 radical (unpaired) electrons. The number of nitrogens with one attached hydrogen (secondary N) is 1. The molecule has 144 valence electrons. The number of methoxy groups -OCH3 is 1. The third-order valence-corrected chi connectivity index (χ3v) is 5.52. The van der Waals surface area contributed by atoms with Crippen LogP contribution in [0.25, 0.3) is 11.3 Å². The van der Waals surface area contributed by atoms with Crippen molar-refractivity contribution in [3.63, 3.8) is 0 Å². The van der Waals surface area contributed by atoms with Crippen LogP contribution < -0.4 is 10.2 Å². The van der Waals surface area contributed by atoms with Gasteiger partial charge in [0.25, 0.3) is 5.91 Å². The zero-order valence-corrected chi connectivity index (χ0v) is 17.6. The van der Waals surface area contributed by atoms with Gasteiger partial charge in [-0.3, -0.25) is 15.0 Å². The van der Waals surface area contributed by atoms with E-state index >= 15 is 0 Å². The molecule has 0 aliphatic carbocycles. The number of fused-ring (bicyclic) bond motifs is 3. The van der Waals surface area contributed by atoms with Gasteiger partial charge in [0.1, 0.15) is 12.4 Å². The van der Waals surface area contributed by atoms with Crippen molar-refractivity contribution < 1.29 is 19.1 Å². The maximum Gasteiger partial charge on any atom is 0.301 e. The largest absolute Gasteiger partial charge is 0.492 e. The molecule has 0 bridgehead atoms. The topological polar surface area (TPSA) is 80.8 Å². The fourth-order valence-corrected chi connectivity index (χ4v) is 4.04. The number of thiazole rings is 1. The van der Waals surface area contributed by atoms with Crippen LogP contribution in [-0.4, -0.2) is 48.2 Å². The predicted molar refractivity (Wildman–Crippen MR) is 106 cm³/mol. The third kappa shape index (κ3) is 4.31. The molecule has 1 aromatic carbocycles. The Hall–Kier alpha value is -1.97. The summed E-state index contributed by atoms with van der Waals surface area (Å²) in [5.41, 5.74) is 4.21. The highest BCUT2D eigenvalue weighted by Crippen LogP contribution is 2.39. The zero-order chi connectivity index (χ0) is 19.6. The molecular weight excluding hydrogens is 434 g/mol. The monoisotopic (exact) mass is 453 g/mol. The summed E-state index contributed by atoms with van der Waals surface area (Å²) in [5.74, 6) is 0.00917. The van der Waals surface area contributed by atoms with E-state index in [0.717, 1.165) is 26.4 Å². The summed E-state index contributed by atoms with van der Waals surface area (Å²) in [6.45, 7) is 4.05. The summed E-state index contributed by atoms with van der Waals surface area (Å²) in [5, 5.41) is 1.63. The number of aromatic nitrogens is 1. The van der Waals surface area contributed by atoms with Crippen LogP contribution in [0.5, 0.6) is 5.75 Å². The number of carbonyl (C=O) groups excluding carboxylic acids is 2. The van der Waals surface area contributed by atoms with E-state index < -0.39 is 0 Å². The van der Waals surface area contributed by atoms with Crippen molar-refractivity contribution in [3.8, 4) is 17.0 Å². The first-order valence-corrected chi connectivity index (χ1v) is 10.1. The number of rotatable bonds is 4. The molecule has 0 unspecified atom stereocenters. The van der Waals surface area contributed by atoms with Gasteiger partial charge < -0.3 is 9.47 Å². The van der Waals surface area contributed by atoms with E-state index in [1.54, 1.807) is 0 Å².